The van der Waals surface area contributed by atoms with E-state index in [1.807, 2.05) is 49.9 Å². The number of aromatic nitrogens is 2. The number of methoxy groups -OCH3 is 1. The fourth-order valence-electron chi connectivity index (χ4n) is 3.09. The van der Waals surface area contributed by atoms with Crippen molar-refractivity contribution in [3.8, 4) is 5.75 Å². The summed E-state index contributed by atoms with van der Waals surface area (Å²) in [5.41, 5.74) is 1.97. The number of nitrogens with zero attached hydrogens (tertiary/aromatic N) is 3. The molecule has 27 heavy (non-hydrogen) atoms. The molecule has 1 amide bonds. The SMILES string of the molecule is CCN(CC)C(=O)c1sc2ncnc(NCc3ccccc3OC)c2c1C. The zero-order valence-electron chi connectivity index (χ0n) is 16.1. The molecule has 0 spiro atoms. The van der Waals surface area contributed by atoms with Crippen LogP contribution in [0.25, 0.3) is 10.2 Å². The quantitative estimate of drug-likeness (QED) is 0.664. The second kappa shape index (κ2) is 8.35. The van der Waals surface area contributed by atoms with Crippen molar-refractivity contribution in [2.24, 2.45) is 0 Å². The maximum Gasteiger partial charge on any atom is 0.264 e. The van der Waals surface area contributed by atoms with Gasteiger partial charge in [-0.1, -0.05) is 18.2 Å². The summed E-state index contributed by atoms with van der Waals surface area (Å²) in [6.45, 7) is 7.90. The Bertz CT molecular complexity index is 950. The van der Waals surface area contributed by atoms with Crippen LogP contribution in [0.4, 0.5) is 5.82 Å². The first-order valence-electron chi connectivity index (χ1n) is 8.99. The summed E-state index contributed by atoms with van der Waals surface area (Å²) in [5.74, 6) is 1.61. The topological polar surface area (TPSA) is 67.4 Å². The van der Waals surface area contributed by atoms with Crippen molar-refractivity contribution in [2.75, 3.05) is 25.5 Å². The molecule has 0 atom stereocenters. The normalized spacial score (nSPS) is 10.8. The van der Waals surface area contributed by atoms with Crippen LogP contribution in [0.5, 0.6) is 5.75 Å². The predicted octanol–water partition coefficient (Wildman–Crippen LogP) is 4.10. The second-order valence-electron chi connectivity index (χ2n) is 6.10. The predicted molar refractivity (Wildman–Crippen MR) is 110 cm³/mol. The van der Waals surface area contributed by atoms with E-state index in [0.717, 1.165) is 37.8 Å². The highest BCUT2D eigenvalue weighted by Gasteiger charge is 2.22. The summed E-state index contributed by atoms with van der Waals surface area (Å²) in [6, 6.07) is 7.87. The summed E-state index contributed by atoms with van der Waals surface area (Å²) in [7, 11) is 1.66. The number of nitrogens with one attached hydrogen (secondary N) is 1. The van der Waals surface area contributed by atoms with Crippen molar-refractivity contribution in [1.82, 2.24) is 14.9 Å². The van der Waals surface area contributed by atoms with E-state index >= 15 is 0 Å². The lowest BCUT2D eigenvalue weighted by molar-refractivity contribution is 0.0777. The Hall–Kier alpha value is -2.67. The Balaban J connectivity index is 1.94. The molecule has 0 fully saturated rings. The second-order valence-corrected chi connectivity index (χ2v) is 7.10. The number of anilines is 1. The molecule has 6 nitrogen and oxygen atoms in total. The Kier molecular flexibility index (Phi) is 5.91. The first-order chi connectivity index (χ1) is 13.1. The van der Waals surface area contributed by atoms with Gasteiger partial charge in [0.2, 0.25) is 0 Å². The van der Waals surface area contributed by atoms with Gasteiger partial charge in [0.25, 0.3) is 5.91 Å². The molecule has 0 unspecified atom stereocenters. The maximum atomic E-state index is 12.8. The molecule has 0 bridgehead atoms. The first-order valence-corrected chi connectivity index (χ1v) is 9.81. The molecule has 1 N–H and O–H groups in total. The van der Waals surface area contributed by atoms with Crippen LogP contribution in [0.1, 0.15) is 34.6 Å². The Morgan fingerprint density at radius 1 is 1.22 bits per heavy atom. The Morgan fingerprint density at radius 3 is 2.67 bits per heavy atom. The van der Waals surface area contributed by atoms with Gasteiger partial charge in [0, 0.05) is 25.2 Å². The van der Waals surface area contributed by atoms with Gasteiger partial charge in [-0.25, -0.2) is 9.97 Å². The third-order valence-corrected chi connectivity index (χ3v) is 5.80. The highest BCUT2D eigenvalue weighted by molar-refractivity contribution is 7.20. The molecule has 1 aromatic carbocycles. The number of carbonyl (C=O) groups is 1. The fraction of sp³-hybridized carbons (Fsp3) is 0.350. The summed E-state index contributed by atoms with van der Waals surface area (Å²) in [6.07, 6.45) is 1.54. The zero-order chi connectivity index (χ0) is 19.4. The van der Waals surface area contributed by atoms with E-state index in [9.17, 15) is 4.79 Å². The van der Waals surface area contributed by atoms with Crippen LogP contribution >= 0.6 is 11.3 Å². The molecule has 0 aliphatic rings. The van der Waals surface area contributed by atoms with E-state index in [2.05, 4.69) is 15.3 Å². The van der Waals surface area contributed by atoms with E-state index in [-0.39, 0.29) is 5.91 Å². The average Bonchev–Trinajstić information content (AvgIpc) is 3.04. The summed E-state index contributed by atoms with van der Waals surface area (Å²) in [4.78, 5) is 25.0. The molecule has 0 saturated heterocycles. The molecule has 0 aliphatic carbocycles. The third-order valence-electron chi connectivity index (χ3n) is 4.61. The molecule has 3 rings (SSSR count). The van der Waals surface area contributed by atoms with Gasteiger partial charge in [0.05, 0.1) is 17.4 Å². The molecule has 0 saturated carbocycles. The van der Waals surface area contributed by atoms with Crippen LogP contribution in [-0.2, 0) is 6.54 Å². The minimum Gasteiger partial charge on any atom is -0.496 e. The van der Waals surface area contributed by atoms with Crippen LogP contribution in [0.3, 0.4) is 0 Å². The third kappa shape index (κ3) is 3.73. The number of thiophene rings is 1. The van der Waals surface area contributed by atoms with E-state index < -0.39 is 0 Å². The van der Waals surface area contributed by atoms with E-state index in [0.29, 0.717) is 19.6 Å². The van der Waals surface area contributed by atoms with E-state index in [1.54, 1.807) is 7.11 Å². The fourth-order valence-corrected chi connectivity index (χ4v) is 4.21. The lowest BCUT2D eigenvalue weighted by Gasteiger charge is -2.17. The summed E-state index contributed by atoms with van der Waals surface area (Å²) in [5, 5.41) is 4.29. The molecular formula is C20H24N4O2S. The van der Waals surface area contributed by atoms with Crippen molar-refractivity contribution >= 4 is 33.3 Å². The largest absolute Gasteiger partial charge is 0.496 e. The standard InChI is InChI=1S/C20H24N4O2S/c1-5-24(6-2)20(25)17-13(3)16-18(22-12-23-19(16)27-17)21-11-14-9-7-8-10-15(14)26-4/h7-10,12H,5-6,11H2,1-4H3,(H,21,22,23). The van der Waals surface area contributed by atoms with Crippen LogP contribution in [0.15, 0.2) is 30.6 Å². The molecule has 7 heteroatoms. The van der Waals surface area contributed by atoms with Crippen molar-refractivity contribution in [3.63, 3.8) is 0 Å². The van der Waals surface area contributed by atoms with Gasteiger partial charge >= 0.3 is 0 Å². The van der Waals surface area contributed by atoms with Gasteiger partial charge in [0.1, 0.15) is 22.7 Å². The molecule has 142 valence electrons. The Labute approximate surface area is 163 Å². The number of ether oxygens (including phenoxy) is 1. The van der Waals surface area contributed by atoms with Gasteiger partial charge in [0.15, 0.2) is 0 Å². The highest BCUT2D eigenvalue weighted by Crippen LogP contribution is 2.34. The molecular weight excluding hydrogens is 360 g/mol. The summed E-state index contributed by atoms with van der Waals surface area (Å²) >= 11 is 1.43. The van der Waals surface area contributed by atoms with Crippen LogP contribution in [0, 0.1) is 6.92 Å². The number of hydrogen-bond donors (Lipinski definition) is 1. The van der Waals surface area contributed by atoms with E-state index in [1.165, 1.54) is 17.7 Å². The Morgan fingerprint density at radius 2 is 1.96 bits per heavy atom. The zero-order valence-corrected chi connectivity index (χ0v) is 16.9. The van der Waals surface area contributed by atoms with Gasteiger partial charge < -0.3 is 15.0 Å². The number of aryl methyl sites for hydroxylation is 1. The van der Waals surface area contributed by atoms with Crippen molar-refractivity contribution in [3.05, 3.63) is 46.6 Å². The highest BCUT2D eigenvalue weighted by atomic mass is 32.1. The average molecular weight is 385 g/mol. The van der Waals surface area contributed by atoms with Crippen molar-refractivity contribution in [2.45, 2.75) is 27.3 Å². The smallest absolute Gasteiger partial charge is 0.264 e. The van der Waals surface area contributed by atoms with Gasteiger partial charge in [-0.05, 0) is 32.4 Å². The molecule has 2 heterocycles. The molecule has 3 aromatic rings. The van der Waals surface area contributed by atoms with Gasteiger partial charge in [-0.15, -0.1) is 11.3 Å². The van der Waals surface area contributed by atoms with Crippen molar-refractivity contribution in [1.29, 1.82) is 0 Å². The first kappa shape index (κ1) is 19.1. The van der Waals surface area contributed by atoms with Crippen LogP contribution in [0.2, 0.25) is 0 Å². The number of amides is 1. The lowest BCUT2D eigenvalue weighted by Crippen LogP contribution is -2.30. The maximum absolute atomic E-state index is 12.8. The number of fused-ring (bicyclic) bond motifs is 1. The van der Waals surface area contributed by atoms with Crippen LogP contribution < -0.4 is 10.1 Å². The van der Waals surface area contributed by atoms with Crippen LogP contribution in [-0.4, -0.2) is 41.0 Å². The number of benzene rings is 1. The minimum absolute atomic E-state index is 0.0520. The number of hydrogen-bond acceptors (Lipinski definition) is 6. The molecule has 0 radical (unpaired) electrons. The molecule has 0 aliphatic heterocycles. The van der Waals surface area contributed by atoms with Crippen molar-refractivity contribution < 1.29 is 9.53 Å². The monoisotopic (exact) mass is 384 g/mol. The van der Waals surface area contributed by atoms with E-state index in [4.69, 9.17) is 4.74 Å². The summed E-state index contributed by atoms with van der Waals surface area (Å²) < 4.78 is 5.41. The number of para-hydroxylation sites is 1. The number of rotatable bonds is 7. The lowest BCUT2D eigenvalue weighted by atomic mass is 10.1. The molecule has 2 aromatic heterocycles. The van der Waals surface area contributed by atoms with Gasteiger partial charge in [-0.3, -0.25) is 4.79 Å². The number of carbonyl (C=O) groups excluding carboxylic acids is 1. The minimum atomic E-state index is 0.0520. The van der Waals surface area contributed by atoms with Gasteiger partial charge in [-0.2, -0.15) is 0 Å².